The number of carbonyl (C=O) groups excluding carboxylic acids is 2. The number of amides is 1. The standard InChI is InChI=1S/C22H26BNO8S/c1-4-17-18(10-7-15-12-32-23(28)19(15)17)21(26)24-20(13(2)25)22(27)31-11-14-5-8-16(9-6-14)33(3,29)30/h5-10,13,20,25,28H,4,11-12H2,1-3H3,(H,24,26)/t13-,20?/m1/s1. The fourth-order valence-corrected chi connectivity index (χ4v) is 4.30. The number of hydrogen-bond donors (Lipinski definition) is 3. The van der Waals surface area contributed by atoms with E-state index >= 15 is 0 Å². The van der Waals surface area contributed by atoms with E-state index in [0.29, 0.717) is 23.0 Å². The van der Waals surface area contributed by atoms with E-state index in [1.165, 1.54) is 31.2 Å². The quantitative estimate of drug-likeness (QED) is 0.361. The second-order valence-electron chi connectivity index (χ2n) is 7.90. The predicted octanol–water partition coefficient (Wildman–Crippen LogP) is 0.0928. The third-order valence-electron chi connectivity index (χ3n) is 5.44. The number of carbonyl (C=O) groups is 2. The van der Waals surface area contributed by atoms with Crippen molar-refractivity contribution in [2.45, 2.75) is 50.5 Å². The Labute approximate surface area is 192 Å². The van der Waals surface area contributed by atoms with Crippen LogP contribution in [0.25, 0.3) is 0 Å². The van der Waals surface area contributed by atoms with Gasteiger partial charge in [0.15, 0.2) is 15.9 Å². The number of ether oxygens (including phenoxy) is 1. The van der Waals surface area contributed by atoms with E-state index in [9.17, 15) is 28.1 Å². The minimum Gasteiger partial charge on any atom is -0.459 e. The maximum atomic E-state index is 12.9. The first-order valence-corrected chi connectivity index (χ1v) is 12.3. The van der Waals surface area contributed by atoms with E-state index in [2.05, 4.69) is 5.32 Å². The normalized spacial score (nSPS) is 15.0. The second kappa shape index (κ2) is 10.0. The molecule has 0 fully saturated rings. The van der Waals surface area contributed by atoms with Crippen LogP contribution in [-0.4, -0.2) is 55.9 Å². The summed E-state index contributed by atoms with van der Waals surface area (Å²) >= 11 is 0. The molecular weight excluding hydrogens is 449 g/mol. The van der Waals surface area contributed by atoms with Gasteiger partial charge in [0.25, 0.3) is 5.91 Å². The fourth-order valence-electron chi connectivity index (χ4n) is 3.66. The number of aliphatic hydroxyl groups excluding tert-OH is 1. The summed E-state index contributed by atoms with van der Waals surface area (Å²) in [5, 5.41) is 22.7. The molecule has 1 aliphatic heterocycles. The van der Waals surface area contributed by atoms with Gasteiger partial charge in [0, 0.05) is 11.8 Å². The maximum Gasteiger partial charge on any atom is 0.492 e. The molecule has 0 saturated carbocycles. The number of esters is 1. The molecule has 1 heterocycles. The summed E-state index contributed by atoms with van der Waals surface area (Å²) in [4.78, 5) is 25.7. The van der Waals surface area contributed by atoms with E-state index in [0.717, 1.165) is 11.8 Å². The molecule has 1 aliphatic rings. The minimum atomic E-state index is -3.34. The maximum absolute atomic E-state index is 12.9. The number of nitrogens with one attached hydrogen (secondary N) is 1. The first-order chi connectivity index (χ1) is 15.5. The minimum absolute atomic E-state index is 0.142. The van der Waals surface area contributed by atoms with Gasteiger partial charge >= 0.3 is 13.1 Å². The molecule has 33 heavy (non-hydrogen) atoms. The smallest absolute Gasteiger partial charge is 0.459 e. The Kier molecular flexibility index (Phi) is 7.58. The van der Waals surface area contributed by atoms with Gasteiger partial charge in [-0.25, -0.2) is 13.2 Å². The Balaban J connectivity index is 1.71. The van der Waals surface area contributed by atoms with Crippen LogP contribution in [0.15, 0.2) is 41.3 Å². The molecule has 2 aromatic rings. The Morgan fingerprint density at radius 2 is 1.88 bits per heavy atom. The summed E-state index contributed by atoms with van der Waals surface area (Å²) in [6.07, 6.45) is 0.318. The van der Waals surface area contributed by atoms with Gasteiger partial charge < -0.3 is 24.8 Å². The molecule has 11 heteroatoms. The van der Waals surface area contributed by atoms with E-state index in [1.807, 2.05) is 6.92 Å². The van der Waals surface area contributed by atoms with E-state index in [-0.39, 0.29) is 23.7 Å². The zero-order valence-electron chi connectivity index (χ0n) is 18.6. The molecule has 0 radical (unpaired) electrons. The van der Waals surface area contributed by atoms with E-state index in [4.69, 9.17) is 9.39 Å². The molecule has 0 spiro atoms. The van der Waals surface area contributed by atoms with Crippen molar-refractivity contribution in [3.8, 4) is 0 Å². The molecule has 0 aromatic heterocycles. The Bertz CT molecular complexity index is 1150. The zero-order chi connectivity index (χ0) is 24.3. The molecule has 1 unspecified atom stereocenters. The molecule has 0 saturated heterocycles. The van der Waals surface area contributed by atoms with Crippen LogP contribution in [0.2, 0.25) is 0 Å². The third-order valence-corrected chi connectivity index (χ3v) is 6.57. The van der Waals surface area contributed by atoms with Crippen LogP contribution in [0, 0.1) is 0 Å². The average molecular weight is 475 g/mol. The lowest BCUT2D eigenvalue weighted by molar-refractivity contribution is -0.150. The van der Waals surface area contributed by atoms with Crippen molar-refractivity contribution in [2.24, 2.45) is 0 Å². The van der Waals surface area contributed by atoms with Crippen molar-refractivity contribution in [3.05, 3.63) is 58.7 Å². The first kappa shape index (κ1) is 24.9. The van der Waals surface area contributed by atoms with Crippen LogP contribution in [0.4, 0.5) is 0 Å². The molecule has 9 nitrogen and oxygen atoms in total. The summed E-state index contributed by atoms with van der Waals surface area (Å²) < 4.78 is 33.6. The van der Waals surface area contributed by atoms with E-state index in [1.54, 1.807) is 12.1 Å². The number of rotatable bonds is 8. The van der Waals surface area contributed by atoms with Crippen molar-refractivity contribution >= 4 is 34.3 Å². The lowest BCUT2D eigenvalue weighted by Gasteiger charge is -2.21. The van der Waals surface area contributed by atoms with Crippen LogP contribution >= 0.6 is 0 Å². The summed E-state index contributed by atoms with van der Waals surface area (Å²) in [6.45, 7) is 3.28. The molecule has 176 valence electrons. The third kappa shape index (κ3) is 5.62. The Morgan fingerprint density at radius 1 is 1.21 bits per heavy atom. The number of aliphatic hydroxyl groups is 1. The van der Waals surface area contributed by atoms with Gasteiger partial charge in [0.05, 0.1) is 17.6 Å². The highest BCUT2D eigenvalue weighted by molar-refractivity contribution is 7.90. The Morgan fingerprint density at radius 3 is 2.45 bits per heavy atom. The molecule has 0 aliphatic carbocycles. The van der Waals surface area contributed by atoms with Gasteiger partial charge in [0.2, 0.25) is 0 Å². The lowest BCUT2D eigenvalue weighted by Crippen LogP contribution is -2.49. The van der Waals surface area contributed by atoms with Crippen LogP contribution < -0.4 is 10.8 Å². The molecule has 2 aromatic carbocycles. The van der Waals surface area contributed by atoms with Gasteiger partial charge in [0.1, 0.15) is 6.61 Å². The summed E-state index contributed by atoms with van der Waals surface area (Å²) in [5.74, 6) is -1.43. The lowest BCUT2D eigenvalue weighted by atomic mass is 9.74. The first-order valence-electron chi connectivity index (χ1n) is 10.4. The van der Waals surface area contributed by atoms with Crippen molar-refractivity contribution < 1.29 is 37.5 Å². The van der Waals surface area contributed by atoms with Crippen LogP contribution in [0.3, 0.4) is 0 Å². The molecule has 0 bridgehead atoms. The predicted molar refractivity (Wildman–Crippen MR) is 120 cm³/mol. The zero-order valence-corrected chi connectivity index (χ0v) is 19.4. The highest BCUT2D eigenvalue weighted by Crippen LogP contribution is 2.18. The van der Waals surface area contributed by atoms with Crippen molar-refractivity contribution in [1.82, 2.24) is 5.32 Å². The summed E-state index contributed by atoms with van der Waals surface area (Å²) in [7, 11) is -4.46. The van der Waals surface area contributed by atoms with Gasteiger partial charge in [-0.1, -0.05) is 25.1 Å². The fraction of sp³-hybridized carbons (Fsp3) is 0.364. The highest BCUT2D eigenvalue weighted by Gasteiger charge is 2.33. The van der Waals surface area contributed by atoms with Gasteiger partial charge in [-0.3, -0.25) is 4.79 Å². The van der Waals surface area contributed by atoms with E-state index < -0.39 is 41.0 Å². The molecular formula is C22H26BNO8S. The number of sulfone groups is 1. The van der Waals surface area contributed by atoms with Crippen LogP contribution in [-0.2, 0) is 43.7 Å². The molecule has 3 rings (SSSR count). The molecule has 3 N–H and O–H groups in total. The van der Waals surface area contributed by atoms with Crippen molar-refractivity contribution in [2.75, 3.05) is 6.26 Å². The monoisotopic (exact) mass is 475 g/mol. The number of benzene rings is 2. The highest BCUT2D eigenvalue weighted by atomic mass is 32.2. The molecule has 2 atom stereocenters. The number of hydrogen-bond acceptors (Lipinski definition) is 8. The average Bonchev–Trinajstić information content (AvgIpc) is 3.15. The van der Waals surface area contributed by atoms with Crippen LogP contribution in [0.5, 0.6) is 0 Å². The summed E-state index contributed by atoms with van der Waals surface area (Å²) in [6, 6.07) is 7.82. The van der Waals surface area contributed by atoms with Gasteiger partial charge in [-0.05, 0) is 53.7 Å². The second-order valence-corrected chi connectivity index (χ2v) is 9.91. The van der Waals surface area contributed by atoms with Crippen molar-refractivity contribution in [1.29, 1.82) is 0 Å². The Hall–Kier alpha value is -2.73. The van der Waals surface area contributed by atoms with Crippen LogP contribution in [0.1, 0.15) is 40.9 Å². The number of fused-ring (bicyclic) bond motifs is 1. The molecule has 1 amide bonds. The SMILES string of the molecule is CCc1c(C(=O)NC(C(=O)OCc2ccc(S(C)(=O)=O)cc2)[C@@H](C)O)ccc2c1B(O)OC2. The largest absolute Gasteiger partial charge is 0.492 e. The van der Waals surface area contributed by atoms with Gasteiger partial charge in [-0.15, -0.1) is 0 Å². The van der Waals surface area contributed by atoms with Gasteiger partial charge in [-0.2, -0.15) is 0 Å². The topological polar surface area (TPSA) is 139 Å². The summed E-state index contributed by atoms with van der Waals surface area (Å²) in [5.41, 5.74) is 2.78. The van der Waals surface area contributed by atoms with Crippen molar-refractivity contribution in [3.63, 3.8) is 0 Å².